The van der Waals surface area contributed by atoms with E-state index < -0.39 is 0 Å². The molecule has 0 rings (SSSR count). The number of hydrogen-bond donors (Lipinski definition) is 0. The van der Waals surface area contributed by atoms with Crippen molar-refractivity contribution < 1.29 is 0 Å². The molecule has 0 heterocycles. The molecule has 0 saturated heterocycles. The minimum atomic E-state index is 1.64. The summed E-state index contributed by atoms with van der Waals surface area (Å²) in [7, 11) is 0. The average Bonchev–Trinajstić information content (AvgIpc) is 2.36. The summed E-state index contributed by atoms with van der Waals surface area (Å²) in [4.78, 5) is 0. The van der Waals surface area contributed by atoms with E-state index in [9.17, 15) is 0 Å². The molecule has 0 aliphatic rings. The minimum Gasteiger partial charge on any atom is -0.106 e. The molecule has 0 aromatic rings. The second kappa shape index (κ2) is 184. The Morgan fingerprint density at radius 2 is 0.571 bits per heavy atom. The van der Waals surface area contributed by atoms with E-state index in [0.717, 1.165) is 0 Å². The zero-order chi connectivity index (χ0) is 12.8. The van der Waals surface area contributed by atoms with Gasteiger partial charge in [-0.1, -0.05) is 78.3 Å². The van der Waals surface area contributed by atoms with Crippen LogP contribution >= 0.6 is 0 Å². The molecule has 0 aliphatic heterocycles. The van der Waals surface area contributed by atoms with Gasteiger partial charge in [0.25, 0.3) is 0 Å². The Hall–Kier alpha value is -1.30. The standard InChI is InChI=1S/2C4H6.2C2H6.C2H4/c2*1-3-4-2;3*1-2/h2*3-4H,1-2H2;2*1-2H3;1-2H2. The molecule has 0 N–H and O–H groups in total. The number of rotatable bonds is 2. The van der Waals surface area contributed by atoms with Crippen molar-refractivity contribution in [3.05, 3.63) is 63.8 Å². The molecule has 0 aliphatic carbocycles. The van der Waals surface area contributed by atoms with Crippen LogP contribution < -0.4 is 0 Å². The molecule has 0 aromatic carbocycles. The lowest BCUT2D eigenvalue weighted by atomic mass is 10.6. The summed E-state index contributed by atoms with van der Waals surface area (Å²) < 4.78 is 0. The fourth-order valence-electron chi connectivity index (χ4n) is 0. The Morgan fingerprint density at radius 1 is 0.500 bits per heavy atom. The van der Waals surface area contributed by atoms with Crippen LogP contribution in [0.5, 0.6) is 0 Å². The maximum atomic E-state index is 3.36. The molecule has 0 heteroatoms. The van der Waals surface area contributed by atoms with E-state index in [2.05, 4.69) is 39.5 Å². The van der Waals surface area contributed by atoms with Gasteiger partial charge < -0.3 is 0 Å². The van der Waals surface area contributed by atoms with Crippen LogP contribution in [0.25, 0.3) is 0 Å². The lowest BCUT2D eigenvalue weighted by Gasteiger charge is -1.44. The summed E-state index contributed by atoms with van der Waals surface area (Å²) in [5.41, 5.74) is 0. The van der Waals surface area contributed by atoms with Gasteiger partial charge >= 0.3 is 0 Å². The van der Waals surface area contributed by atoms with Crippen LogP contribution in [-0.2, 0) is 0 Å². The molecule has 14 heavy (non-hydrogen) atoms. The molecule has 0 aromatic heterocycles. The smallest absolute Gasteiger partial charge is 0.0683 e. The predicted octanol–water partition coefficient (Wildman–Crippen LogP) is 5.57. The van der Waals surface area contributed by atoms with Gasteiger partial charge in [-0.15, -0.1) is 13.2 Å². The van der Waals surface area contributed by atoms with E-state index in [1.165, 1.54) is 0 Å². The predicted molar refractivity (Wildman–Crippen MR) is 74.7 cm³/mol. The fourth-order valence-corrected chi connectivity index (χ4v) is 0. The van der Waals surface area contributed by atoms with E-state index in [0.29, 0.717) is 0 Å². The van der Waals surface area contributed by atoms with Crippen molar-refractivity contribution in [3.63, 3.8) is 0 Å². The fraction of sp³-hybridized carbons (Fsp3) is 0.286. The first-order chi connectivity index (χ1) is 6.83. The molecule has 0 unspecified atom stereocenters. The first kappa shape index (κ1) is 29.3. The average molecular weight is 196 g/mol. The van der Waals surface area contributed by atoms with Gasteiger partial charge in [0.2, 0.25) is 0 Å². The van der Waals surface area contributed by atoms with Crippen molar-refractivity contribution in [3.8, 4) is 0 Å². The molecule has 0 radical (unpaired) electrons. The maximum Gasteiger partial charge on any atom is -0.0683 e. The van der Waals surface area contributed by atoms with Crippen LogP contribution in [0.1, 0.15) is 27.7 Å². The van der Waals surface area contributed by atoms with Gasteiger partial charge in [0.05, 0.1) is 0 Å². The van der Waals surface area contributed by atoms with Gasteiger partial charge in [-0.2, -0.15) is 0 Å². The lowest BCUT2D eigenvalue weighted by Crippen LogP contribution is -1.21. The number of hydrogen-bond acceptors (Lipinski definition) is 0. The van der Waals surface area contributed by atoms with E-state index in [1.54, 1.807) is 24.3 Å². The largest absolute Gasteiger partial charge is 0.106 e. The third-order valence-electron chi connectivity index (χ3n) is 0.333. The van der Waals surface area contributed by atoms with Crippen LogP contribution in [-0.4, -0.2) is 0 Å². The molecule has 0 fully saturated rings. The highest BCUT2D eigenvalue weighted by molar-refractivity contribution is 4.88. The summed E-state index contributed by atoms with van der Waals surface area (Å²) in [6.45, 7) is 27.4. The maximum absolute atomic E-state index is 3.36. The van der Waals surface area contributed by atoms with Gasteiger partial charge in [0.1, 0.15) is 0 Å². The summed E-state index contributed by atoms with van der Waals surface area (Å²) in [5.74, 6) is 0. The van der Waals surface area contributed by atoms with Crippen molar-refractivity contribution >= 4 is 0 Å². The molecule has 84 valence electrons. The SMILES string of the molecule is C=C.C=CC=C.C=CC=C.CC.CC. The van der Waals surface area contributed by atoms with Crippen LogP contribution in [0.4, 0.5) is 0 Å². The quantitative estimate of drug-likeness (QED) is 0.400. The first-order valence-corrected chi connectivity index (χ1v) is 4.80. The molecule has 0 nitrogen and oxygen atoms in total. The second-order valence-electron chi connectivity index (χ2n) is 0.943. The van der Waals surface area contributed by atoms with Gasteiger partial charge in [0.15, 0.2) is 0 Å². The van der Waals surface area contributed by atoms with Crippen molar-refractivity contribution in [1.82, 2.24) is 0 Å². The molecular weight excluding hydrogens is 168 g/mol. The zero-order valence-corrected chi connectivity index (χ0v) is 10.6. The Kier molecular flexibility index (Phi) is 385. The lowest BCUT2D eigenvalue weighted by molar-refractivity contribution is 1.50. The molecule has 0 spiro atoms. The van der Waals surface area contributed by atoms with E-state index in [1.807, 2.05) is 27.7 Å². The van der Waals surface area contributed by atoms with Crippen LogP contribution in [0.3, 0.4) is 0 Å². The summed E-state index contributed by atoms with van der Waals surface area (Å²) in [5, 5.41) is 0. The third kappa shape index (κ3) is 2050. The Labute approximate surface area is 92.1 Å². The van der Waals surface area contributed by atoms with Gasteiger partial charge in [-0.05, 0) is 0 Å². The normalized spacial score (nSPS) is 4.00. The van der Waals surface area contributed by atoms with Crippen molar-refractivity contribution in [2.45, 2.75) is 27.7 Å². The van der Waals surface area contributed by atoms with E-state index in [-0.39, 0.29) is 0 Å². The highest BCUT2D eigenvalue weighted by Gasteiger charge is 1.29. The highest BCUT2D eigenvalue weighted by Crippen LogP contribution is 1.53. The van der Waals surface area contributed by atoms with Crippen LogP contribution in [0, 0.1) is 0 Å². The number of allylic oxidation sites excluding steroid dienone is 4. The summed E-state index contributed by atoms with van der Waals surface area (Å²) in [6.07, 6.45) is 6.56. The van der Waals surface area contributed by atoms with Gasteiger partial charge in [0, 0.05) is 0 Å². The molecule has 0 saturated carbocycles. The van der Waals surface area contributed by atoms with E-state index >= 15 is 0 Å². The van der Waals surface area contributed by atoms with E-state index in [4.69, 9.17) is 0 Å². The third-order valence-corrected chi connectivity index (χ3v) is 0.333. The topological polar surface area (TPSA) is 0 Å². The van der Waals surface area contributed by atoms with Gasteiger partial charge in [-0.3, -0.25) is 0 Å². The van der Waals surface area contributed by atoms with Crippen molar-refractivity contribution in [1.29, 1.82) is 0 Å². The molecule has 0 bridgehead atoms. The first-order valence-electron chi connectivity index (χ1n) is 4.80. The Morgan fingerprint density at radius 3 is 0.571 bits per heavy atom. The van der Waals surface area contributed by atoms with Crippen molar-refractivity contribution in [2.75, 3.05) is 0 Å². The minimum absolute atomic E-state index is 1.64. The summed E-state index contributed by atoms with van der Waals surface area (Å²) in [6, 6.07) is 0. The van der Waals surface area contributed by atoms with Crippen LogP contribution in [0.15, 0.2) is 63.8 Å². The zero-order valence-electron chi connectivity index (χ0n) is 10.6. The van der Waals surface area contributed by atoms with Gasteiger partial charge in [-0.25, -0.2) is 0 Å². The molecule has 0 atom stereocenters. The highest BCUT2D eigenvalue weighted by atomic mass is 13.4. The Bertz CT molecular complexity index is 64.2. The monoisotopic (exact) mass is 196 g/mol. The second-order valence-corrected chi connectivity index (χ2v) is 0.943. The van der Waals surface area contributed by atoms with Crippen molar-refractivity contribution in [2.24, 2.45) is 0 Å². The van der Waals surface area contributed by atoms with Crippen LogP contribution in [0.2, 0.25) is 0 Å². The molecular formula is C14H28. The molecule has 0 amide bonds. The summed E-state index contributed by atoms with van der Waals surface area (Å²) >= 11 is 0. The Balaban J connectivity index is -0.0000000255.